The summed E-state index contributed by atoms with van der Waals surface area (Å²) >= 11 is 3.09. The molecule has 2 aromatic rings. The highest BCUT2D eigenvalue weighted by atomic mass is 79.9. The van der Waals surface area contributed by atoms with Crippen LogP contribution in [0, 0.1) is 12.7 Å². The molecule has 0 atom stereocenters. The summed E-state index contributed by atoms with van der Waals surface area (Å²) in [6, 6.07) is 4.56. The topological polar surface area (TPSA) is 81.1 Å². The first-order valence-corrected chi connectivity index (χ1v) is 5.78. The summed E-state index contributed by atoms with van der Waals surface area (Å²) in [5, 5.41) is 11.5. The van der Waals surface area contributed by atoms with E-state index in [9.17, 15) is 4.39 Å². The summed E-state index contributed by atoms with van der Waals surface area (Å²) in [4.78, 5) is 0. The maximum atomic E-state index is 13.0. The SMILES string of the molecule is Cc1nnc(N/N=C/c2ccc(F)c(Br)c2)n1N. The van der Waals surface area contributed by atoms with Crippen LogP contribution in [-0.2, 0) is 0 Å². The van der Waals surface area contributed by atoms with Gasteiger partial charge >= 0.3 is 0 Å². The van der Waals surface area contributed by atoms with Gasteiger partial charge in [-0.25, -0.2) is 14.5 Å². The van der Waals surface area contributed by atoms with Crippen molar-refractivity contribution in [3.63, 3.8) is 0 Å². The molecule has 1 aromatic heterocycles. The van der Waals surface area contributed by atoms with Crippen molar-refractivity contribution < 1.29 is 4.39 Å². The molecular formula is C10H10BrFN6. The Kier molecular flexibility index (Phi) is 3.56. The van der Waals surface area contributed by atoms with Gasteiger partial charge in [-0.1, -0.05) is 6.07 Å². The number of nitrogens with zero attached hydrogens (tertiary/aromatic N) is 4. The van der Waals surface area contributed by atoms with Crippen molar-refractivity contribution in [2.45, 2.75) is 6.92 Å². The fourth-order valence-electron chi connectivity index (χ4n) is 1.20. The minimum absolute atomic E-state index is 0.322. The quantitative estimate of drug-likeness (QED) is 0.513. The van der Waals surface area contributed by atoms with Gasteiger partial charge in [-0.15, -0.1) is 10.2 Å². The number of hydrogen-bond acceptors (Lipinski definition) is 5. The number of halogens is 2. The third kappa shape index (κ3) is 2.65. The molecule has 18 heavy (non-hydrogen) atoms. The number of nitrogens with one attached hydrogen (secondary N) is 1. The lowest BCUT2D eigenvalue weighted by atomic mass is 10.2. The maximum absolute atomic E-state index is 13.0. The van der Waals surface area contributed by atoms with E-state index < -0.39 is 0 Å². The summed E-state index contributed by atoms with van der Waals surface area (Å²) in [6.45, 7) is 1.72. The number of benzene rings is 1. The van der Waals surface area contributed by atoms with Crippen LogP contribution in [0.15, 0.2) is 27.8 Å². The number of nitrogens with two attached hydrogens (primary N) is 1. The average Bonchev–Trinajstić information content (AvgIpc) is 2.66. The zero-order valence-electron chi connectivity index (χ0n) is 9.43. The van der Waals surface area contributed by atoms with E-state index in [-0.39, 0.29) is 5.82 Å². The average molecular weight is 313 g/mol. The predicted octanol–water partition coefficient (Wildman–Crippen LogP) is 1.65. The molecule has 0 unspecified atom stereocenters. The molecule has 0 bridgehead atoms. The molecule has 0 radical (unpaired) electrons. The molecule has 0 aliphatic carbocycles. The first kappa shape index (κ1) is 12.5. The van der Waals surface area contributed by atoms with E-state index in [2.05, 4.69) is 36.7 Å². The van der Waals surface area contributed by atoms with Gasteiger partial charge in [0.2, 0.25) is 0 Å². The fraction of sp³-hybridized carbons (Fsp3) is 0.100. The Morgan fingerprint density at radius 2 is 2.28 bits per heavy atom. The van der Waals surface area contributed by atoms with Gasteiger partial charge in [-0.3, -0.25) is 0 Å². The van der Waals surface area contributed by atoms with E-state index in [1.54, 1.807) is 19.1 Å². The van der Waals surface area contributed by atoms with Crippen molar-refractivity contribution in [3.05, 3.63) is 39.9 Å². The summed E-state index contributed by atoms with van der Waals surface area (Å²) in [7, 11) is 0. The molecule has 2 rings (SSSR count). The lowest BCUT2D eigenvalue weighted by Gasteiger charge is -1.99. The van der Waals surface area contributed by atoms with Gasteiger partial charge < -0.3 is 5.84 Å². The summed E-state index contributed by atoms with van der Waals surface area (Å²) in [5.74, 6) is 6.19. The Hall–Kier alpha value is -1.96. The van der Waals surface area contributed by atoms with Crippen LogP contribution in [0.2, 0.25) is 0 Å². The number of aryl methyl sites for hydroxylation is 1. The molecule has 0 amide bonds. The third-order valence-electron chi connectivity index (χ3n) is 2.19. The zero-order chi connectivity index (χ0) is 13.1. The van der Waals surface area contributed by atoms with Gasteiger partial charge in [0.25, 0.3) is 5.95 Å². The van der Waals surface area contributed by atoms with Gasteiger partial charge in [-0.2, -0.15) is 5.10 Å². The van der Waals surface area contributed by atoms with Gasteiger partial charge in [0.1, 0.15) is 5.82 Å². The molecule has 94 valence electrons. The molecule has 6 nitrogen and oxygen atoms in total. The molecule has 0 saturated heterocycles. The van der Waals surface area contributed by atoms with Crippen LogP contribution in [0.25, 0.3) is 0 Å². The van der Waals surface area contributed by atoms with E-state index in [4.69, 9.17) is 5.84 Å². The second-order valence-electron chi connectivity index (χ2n) is 3.48. The Labute approximate surface area is 111 Å². The molecule has 0 fully saturated rings. The monoisotopic (exact) mass is 312 g/mol. The van der Waals surface area contributed by atoms with E-state index in [1.165, 1.54) is 17.0 Å². The summed E-state index contributed by atoms with van der Waals surface area (Å²) < 4.78 is 14.7. The lowest BCUT2D eigenvalue weighted by Crippen LogP contribution is -2.13. The molecule has 0 aliphatic heterocycles. The largest absolute Gasteiger partial charge is 0.335 e. The van der Waals surface area contributed by atoms with Gasteiger partial charge in [-0.05, 0) is 40.5 Å². The summed E-state index contributed by atoms with van der Waals surface area (Å²) in [6.07, 6.45) is 1.52. The molecular weight excluding hydrogens is 303 g/mol. The first-order valence-electron chi connectivity index (χ1n) is 4.99. The van der Waals surface area contributed by atoms with Crippen LogP contribution in [0.3, 0.4) is 0 Å². The Bertz CT molecular complexity index is 594. The number of nitrogen functional groups attached to an aromatic ring is 1. The smallest absolute Gasteiger partial charge is 0.263 e. The fourth-order valence-corrected chi connectivity index (χ4v) is 1.60. The number of hydrogen-bond donors (Lipinski definition) is 2. The Balaban J connectivity index is 2.07. The van der Waals surface area contributed by atoms with E-state index in [0.717, 1.165) is 5.56 Å². The number of aromatic nitrogens is 3. The zero-order valence-corrected chi connectivity index (χ0v) is 11.0. The van der Waals surface area contributed by atoms with E-state index >= 15 is 0 Å². The van der Waals surface area contributed by atoms with E-state index in [0.29, 0.717) is 16.2 Å². The van der Waals surface area contributed by atoms with E-state index in [1.807, 2.05) is 0 Å². The van der Waals surface area contributed by atoms with Crippen molar-refractivity contribution in [1.29, 1.82) is 0 Å². The molecule has 1 aromatic carbocycles. The van der Waals surface area contributed by atoms with Gasteiger partial charge in [0.15, 0.2) is 5.82 Å². The van der Waals surface area contributed by atoms with Gasteiger partial charge in [0.05, 0.1) is 10.7 Å². The minimum atomic E-state index is -0.322. The van der Waals surface area contributed by atoms with Crippen LogP contribution in [0.1, 0.15) is 11.4 Å². The van der Waals surface area contributed by atoms with Crippen molar-refractivity contribution in [3.8, 4) is 0 Å². The van der Waals surface area contributed by atoms with Crippen molar-refractivity contribution in [1.82, 2.24) is 14.9 Å². The molecule has 0 aliphatic rings. The van der Waals surface area contributed by atoms with Crippen molar-refractivity contribution >= 4 is 28.1 Å². The summed E-state index contributed by atoms with van der Waals surface area (Å²) in [5.41, 5.74) is 3.37. The second-order valence-corrected chi connectivity index (χ2v) is 4.34. The van der Waals surface area contributed by atoms with Crippen molar-refractivity contribution in [2.24, 2.45) is 5.10 Å². The lowest BCUT2D eigenvalue weighted by molar-refractivity contribution is 0.621. The first-order chi connectivity index (χ1) is 8.58. The minimum Gasteiger partial charge on any atom is -0.335 e. The molecule has 0 saturated carbocycles. The second kappa shape index (κ2) is 5.13. The van der Waals surface area contributed by atoms with Crippen LogP contribution in [0.4, 0.5) is 10.3 Å². The normalized spacial score (nSPS) is 11.1. The highest BCUT2D eigenvalue weighted by molar-refractivity contribution is 9.10. The highest BCUT2D eigenvalue weighted by Gasteiger charge is 2.03. The number of rotatable bonds is 3. The maximum Gasteiger partial charge on any atom is 0.263 e. The van der Waals surface area contributed by atoms with Gasteiger partial charge in [0, 0.05) is 0 Å². The Morgan fingerprint density at radius 3 is 2.89 bits per heavy atom. The number of anilines is 1. The van der Waals surface area contributed by atoms with Crippen LogP contribution in [0.5, 0.6) is 0 Å². The molecule has 1 heterocycles. The highest BCUT2D eigenvalue weighted by Crippen LogP contribution is 2.15. The molecule has 8 heteroatoms. The standard InChI is InChI=1S/C10H10BrFN6/c1-6-15-17-10(18(6)13)16-14-5-7-2-3-9(12)8(11)4-7/h2-5H,13H2,1H3,(H,16,17)/b14-5+. The molecule has 0 spiro atoms. The third-order valence-corrected chi connectivity index (χ3v) is 2.80. The molecule has 3 N–H and O–H groups in total. The van der Waals surface area contributed by atoms with Crippen molar-refractivity contribution in [2.75, 3.05) is 11.3 Å². The predicted molar refractivity (Wildman–Crippen MR) is 70.2 cm³/mol. The number of hydrazone groups is 1. The van der Waals surface area contributed by atoms with Crippen LogP contribution in [-0.4, -0.2) is 21.1 Å². The van der Waals surface area contributed by atoms with Crippen LogP contribution >= 0.6 is 15.9 Å². The van der Waals surface area contributed by atoms with Crippen LogP contribution < -0.4 is 11.3 Å². The Morgan fingerprint density at radius 1 is 1.50 bits per heavy atom.